The minimum atomic E-state index is -1.03. The number of pyridine rings is 3. The minimum absolute atomic E-state index is 0.291. The van der Waals surface area contributed by atoms with Crippen LogP contribution in [0.1, 0.15) is 19.4 Å². The third-order valence-electron chi connectivity index (χ3n) is 4.41. The highest BCUT2D eigenvalue weighted by Gasteiger charge is 2.17. The van der Waals surface area contributed by atoms with Crippen LogP contribution in [-0.4, -0.2) is 32.3 Å². The van der Waals surface area contributed by atoms with E-state index in [9.17, 15) is 9.59 Å². The molecule has 9 heteroatoms. The number of fused-ring (bicyclic) bond motifs is 1. The summed E-state index contributed by atoms with van der Waals surface area (Å²) in [6.07, 6.45) is 7.08. The zero-order chi connectivity index (χ0) is 22.6. The SMILES string of the molecule is Cc1ccncc1-c1cc2cc(NC(=O)/C=C\C(=O)NC(C)(C)C#N)ncc2c(N)n1. The molecule has 3 rings (SSSR count). The van der Waals surface area contributed by atoms with Crippen molar-refractivity contribution in [2.45, 2.75) is 26.3 Å². The van der Waals surface area contributed by atoms with Gasteiger partial charge in [-0.05, 0) is 49.9 Å². The number of aryl methyl sites for hydroxylation is 1. The van der Waals surface area contributed by atoms with Crippen LogP contribution < -0.4 is 16.4 Å². The lowest BCUT2D eigenvalue weighted by Gasteiger charge is -2.15. The van der Waals surface area contributed by atoms with E-state index >= 15 is 0 Å². The van der Waals surface area contributed by atoms with E-state index < -0.39 is 17.4 Å². The van der Waals surface area contributed by atoms with Gasteiger partial charge in [-0.15, -0.1) is 0 Å². The maximum atomic E-state index is 12.2. The number of nitrogens with one attached hydrogen (secondary N) is 2. The zero-order valence-corrected chi connectivity index (χ0v) is 17.3. The Labute approximate surface area is 179 Å². The predicted molar refractivity (Wildman–Crippen MR) is 118 cm³/mol. The molecule has 9 nitrogen and oxygen atoms in total. The topological polar surface area (TPSA) is 147 Å². The van der Waals surface area contributed by atoms with E-state index in [4.69, 9.17) is 11.0 Å². The second-order valence-electron chi connectivity index (χ2n) is 7.42. The Bertz CT molecular complexity index is 1240. The molecule has 0 fully saturated rings. The third-order valence-corrected chi connectivity index (χ3v) is 4.41. The van der Waals surface area contributed by atoms with Gasteiger partial charge in [0, 0.05) is 41.7 Å². The number of carbonyl (C=O) groups is 2. The fourth-order valence-corrected chi connectivity index (χ4v) is 2.81. The lowest BCUT2D eigenvalue weighted by molar-refractivity contribution is -0.118. The van der Waals surface area contributed by atoms with Crippen molar-refractivity contribution in [2.75, 3.05) is 11.1 Å². The molecular weight excluding hydrogens is 394 g/mol. The van der Waals surface area contributed by atoms with Gasteiger partial charge < -0.3 is 16.4 Å². The molecule has 0 spiro atoms. The number of amides is 2. The molecule has 3 heterocycles. The fourth-order valence-electron chi connectivity index (χ4n) is 2.81. The molecule has 3 aromatic heterocycles. The lowest BCUT2D eigenvalue weighted by Crippen LogP contribution is -2.41. The summed E-state index contributed by atoms with van der Waals surface area (Å²) in [7, 11) is 0. The second kappa shape index (κ2) is 8.59. The summed E-state index contributed by atoms with van der Waals surface area (Å²) in [5.41, 5.74) is 7.59. The van der Waals surface area contributed by atoms with Gasteiger partial charge in [0.15, 0.2) is 0 Å². The summed E-state index contributed by atoms with van der Waals surface area (Å²) in [5, 5.41) is 15.4. The van der Waals surface area contributed by atoms with Crippen molar-refractivity contribution in [1.29, 1.82) is 5.26 Å². The number of hydrogen-bond donors (Lipinski definition) is 3. The Morgan fingerprint density at radius 1 is 1.19 bits per heavy atom. The van der Waals surface area contributed by atoms with Crippen molar-refractivity contribution in [3.05, 3.63) is 54.5 Å². The van der Waals surface area contributed by atoms with Crippen molar-refractivity contribution >= 4 is 34.2 Å². The Morgan fingerprint density at radius 2 is 1.94 bits per heavy atom. The summed E-state index contributed by atoms with van der Waals surface area (Å²) < 4.78 is 0. The number of rotatable bonds is 5. The molecule has 0 bridgehead atoms. The van der Waals surface area contributed by atoms with Crippen LogP contribution in [0.2, 0.25) is 0 Å². The first-order valence-electron chi connectivity index (χ1n) is 9.38. The van der Waals surface area contributed by atoms with Crippen LogP contribution in [0.25, 0.3) is 22.0 Å². The first-order valence-corrected chi connectivity index (χ1v) is 9.38. The predicted octanol–water partition coefficient (Wildman–Crippen LogP) is 2.50. The van der Waals surface area contributed by atoms with Crippen molar-refractivity contribution in [3.8, 4) is 17.3 Å². The molecule has 0 aliphatic carbocycles. The molecule has 0 saturated carbocycles. The average molecular weight is 415 g/mol. The van der Waals surface area contributed by atoms with Gasteiger partial charge >= 0.3 is 0 Å². The highest BCUT2D eigenvalue weighted by molar-refractivity contribution is 6.04. The molecule has 0 aromatic carbocycles. The zero-order valence-electron chi connectivity index (χ0n) is 17.3. The van der Waals surface area contributed by atoms with Crippen LogP contribution >= 0.6 is 0 Å². The van der Waals surface area contributed by atoms with Gasteiger partial charge in [0.25, 0.3) is 0 Å². The molecule has 0 radical (unpaired) electrons. The van der Waals surface area contributed by atoms with Crippen molar-refractivity contribution < 1.29 is 9.59 Å². The summed E-state index contributed by atoms with van der Waals surface area (Å²) in [4.78, 5) is 36.7. The molecule has 2 amide bonds. The number of nitrogen functional groups attached to an aromatic ring is 1. The van der Waals surface area contributed by atoms with Crippen LogP contribution in [-0.2, 0) is 9.59 Å². The van der Waals surface area contributed by atoms with Crippen LogP contribution in [0.15, 0.2) is 48.9 Å². The summed E-state index contributed by atoms with van der Waals surface area (Å²) in [6.45, 7) is 5.07. The fraction of sp³-hybridized carbons (Fsp3) is 0.182. The second-order valence-corrected chi connectivity index (χ2v) is 7.42. The molecule has 156 valence electrons. The molecule has 31 heavy (non-hydrogen) atoms. The Morgan fingerprint density at radius 3 is 2.65 bits per heavy atom. The van der Waals surface area contributed by atoms with Crippen molar-refractivity contribution in [3.63, 3.8) is 0 Å². The summed E-state index contributed by atoms with van der Waals surface area (Å²) in [5.74, 6) is -0.484. The minimum Gasteiger partial charge on any atom is -0.383 e. The molecule has 0 unspecified atom stereocenters. The van der Waals surface area contributed by atoms with E-state index in [1.807, 2.05) is 25.1 Å². The average Bonchev–Trinajstić information content (AvgIpc) is 2.72. The van der Waals surface area contributed by atoms with Gasteiger partial charge in [0.05, 0.1) is 11.8 Å². The maximum Gasteiger partial charge on any atom is 0.249 e. The molecule has 0 saturated heterocycles. The summed E-state index contributed by atoms with van der Waals surface area (Å²) >= 11 is 0. The number of anilines is 2. The standard InChI is InChI=1S/C22H21N7O2/c1-13-6-7-25-10-15(13)17-8-14-9-18(26-11-16(14)21(24)27-17)28-19(30)4-5-20(31)29-22(2,3)12-23/h4-11H,1-3H3,(H2,24,27)(H,29,31)(H,26,28,30)/b5-4-. The highest BCUT2D eigenvalue weighted by atomic mass is 16.2. The number of hydrogen-bond acceptors (Lipinski definition) is 7. The van der Waals surface area contributed by atoms with Crippen LogP contribution in [0.3, 0.4) is 0 Å². The lowest BCUT2D eigenvalue weighted by atomic mass is 10.1. The monoisotopic (exact) mass is 415 g/mol. The van der Waals surface area contributed by atoms with Gasteiger partial charge in [-0.3, -0.25) is 14.6 Å². The van der Waals surface area contributed by atoms with Gasteiger partial charge in [-0.1, -0.05) is 0 Å². The number of nitriles is 1. The van der Waals surface area contributed by atoms with E-state index in [0.29, 0.717) is 22.7 Å². The number of nitrogens with zero attached hydrogens (tertiary/aromatic N) is 4. The van der Waals surface area contributed by atoms with Gasteiger partial charge in [0.1, 0.15) is 17.2 Å². The van der Waals surface area contributed by atoms with Gasteiger partial charge in [-0.25, -0.2) is 9.97 Å². The third kappa shape index (κ3) is 5.19. The molecule has 0 atom stereocenters. The first-order chi connectivity index (χ1) is 14.7. The van der Waals surface area contributed by atoms with Crippen LogP contribution in [0.5, 0.6) is 0 Å². The Hall–Kier alpha value is -4.32. The van der Waals surface area contributed by atoms with E-state index in [1.54, 1.807) is 32.3 Å². The largest absolute Gasteiger partial charge is 0.383 e. The smallest absolute Gasteiger partial charge is 0.249 e. The number of carbonyl (C=O) groups excluding carboxylic acids is 2. The van der Waals surface area contributed by atoms with E-state index in [-0.39, 0.29) is 0 Å². The van der Waals surface area contributed by atoms with E-state index in [0.717, 1.165) is 28.7 Å². The van der Waals surface area contributed by atoms with Crippen LogP contribution in [0.4, 0.5) is 11.6 Å². The molecule has 3 aromatic rings. The maximum absolute atomic E-state index is 12.2. The molecule has 4 N–H and O–H groups in total. The highest BCUT2D eigenvalue weighted by Crippen LogP contribution is 2.28. The van der Waals surface area contributed by atoms with Gasteiger partial charge in [-0.2, -0.15) is 5.26 Å². The van der Waals surface area contributed by atoms with Crippen molar-refractivity contribution in [2.24, 2.45) is 0 Å². The summed E-state index contributed by atoms with van der Waals surface area (Å²) in [6, 6.07) is 7.35. The number of aromatic nitrogens is 3. The van der Waals surface area contributed by atoms with E-state index in [1.165, 1.54) is 6.20 Å². The van der Waals surface area contributed by atoms with E-state index in [2.05, 4.69) is 25.6 Å². The Balaban J connectivity index is 1.81. The quantitative estimate of drug-likeness (QED) is 0.542. The molecule has 0 aliphatic rings. The Kier molecular flexibility index (Phi) is 5.93. The molecule has 0 aliphatic heterocycles. The van der Waals surface area contributed by atoms with Gasteiger partial charge in [0.2, 0.25) is 11.8 Å². The van der Waals surface area contributed by atoms with Crippen LogP contribution in [0, 0.1) is 18.3 Å². The first kappa shape index (κ1) is 21.4. The number of nitrogens with two attached hydrogens (primary N) is 1. The normalized spacial score (nSPS) is 11.3. The molecular formula is C22H21N7O2. The van der Waals surface area contributed by atoms with Crippen molar-refractivity contribution in [1.82, 2.24) is 20.3 Å².